The van der Waals surface area contributed by atoms with Crippen molar-refractivity contribution >= 4 is 0 Å². The number of methoxy groups -OCH3 is 1. The fourth-order valence-electron chi connectivity index (χ4n) is 3.12. The molecule has 3 nitrogen and oxygen atoms in total. The molecule has 1 saturated heterocycles. The van der Waals surface area contributed by atoms with Crippen LogP contribution in [0, 0.1) is 5.92 Å². The minimum Gasteiger partial charge on any atom is -0.385 e. The number of hydrogen-bond donors (Lipinski definition) is 1. The van der Waals surface area contributed by atoms with E-state index in [2.05, 4.69) is 31.0 Å². The van der Waals surface area contributed by atoms with Crippen LogP contribution in [0.15, 0.2) is 0 Å². The van der Waals surface area contributed by atoms with Crippen LogP contribution in [0.3, 0.4) is 0 Å². The molecule has 1 aliphatic carbocycles. The van der Waals surface area contributed by atoms with E-state index < -0.39 is 0 Å². The molecular formula is C15H30N2O. The van der Waals surface area contributed by atoms with Crippen molar-refractivity contribution in [3.8, 4) is 0 Å². The summed E-state index contributed by atoms with van der Waals surface area (Å²) < 4.78 is 5.14. The lowest BCUT2D eigenvalue weighted by Gasteiger charge is -2.51. The normalized spacial score (nSPS) is 32.7. The standard InChI is InChI=1S/C15H30N2O/c1-14(2)11-16-15(3,13-7-8-13)12-17(14)9-5-6-10-18-4/h13,16H,5-12H2,1-4H3. The van der Waals surface area contributed by atoms with E-state index in [1.807, 2.05) is 0 Å². The number of hydrogen-bond acceptors (Lipinski definition) is 3. The van der Waals surface area contributed by atoms with Crippen LogP contribution in [0.2, 0.25) is 0 Å². The zero-order valence-corrected chi connectivity index (χ0v) is 12.6. The average molecular weight is 254 g/mol. The molecule has 1 atom stereocenters. The van der Waals surface area contributed by atoms with E-state index in [1.165, 1.54) is 38.8 Å². The van der Waals surface area contributed by atoms with E-state index in [0.29, 0.717) is 11.1 Å². The summed E-state index contributed by atoms with van der Waals surface area (Å²) in [5.74, 6) is 0.912. The van der Waals surface area contributed by atoms with E-state index >= 15 is 0 Å². The Labute approximate surface area is 112 Å². The molecule has 0 aromatic heterocycles. The predicted octanol–water partition coefficient (Wildman–Crippen LogP) is 2.27. The van der Waals surface area contributed by atoms with Crippen molar-refractivity contribution in [2.24, 2.45) is 5.92 Å². The van der Waals surface area contributed by atoms with Crippen LogP contribution in [-0.2, 0) is 4.74 Å². The van der Waals surface area contributed by atoms with Crippen molar-refractivity contribution in [2.75, 3.05) is 33.4 Å². The molecule has 18 heavy (non-hydrogen) atoms. The molecule has 2 rings (SSSR count). The molecular weight excluding hydrogens is 224 g/mol. The summed E-state index contributed by atoms with van der Waals surface area (Å²) in [4.78, 5) is 2.69. The summed E-state index contributed by atoms with van der Waals surface area (Å²) in [7, 11) is 1.79. The van der Waals surface area contributed by atoms with Crippen LogP contribution in [-0.4, -0.2) is 49.3 Å². The summed E-state index contributed by atoms with van der Waals surface area (Å²) in [6.07, 6.45) is 5.26. The number of rotatable bonds is 6. The van der Waals surface area contributed by atoms with Gasteiger partial charge in [-0.25, -0.2) is 0 Å². The Morgan fingerprint density at radius 2 is 1.94 bits per heavy atom. The number of nitrogens with zero attached hydrogens (tertiary/aromatic N) is 1. The second kappa shape index (κ2) is 5.48. The van der Waals surface area contributed by atoms with E-state index in [-0.39, 0.29) is 0 Å². The maximum atomic E-state index is 5.14. The van der Waals surface area contributed by atoms with E-state index in [0.717, 1.165) is 19.1 Å². The van der Waals surface area contributed by atoms with Gasteiger partial charge >= 0.3 is 0 Å². The van der Waals surface area contributed by atoms with Gasteiger partial charge in [-0.3, -0.25) is 4.90 Å². The third kappa shape index (κ3) is 3.25. The number of unbranched alkanes of at least 4 members (excludes halogenated alkanes) is 1. The van der Waals surface area contributed by atoms with E-state index in [4.69, 9.17) is 4.74 Å². The van der Waals surface area contributed by atoms with Gasteiger partial charge in [-0.05, 0) is 58.9 Å². The predicted molar refractivity (Wildman–Crippen MR) is 75.9 cm³/mol. The highest BCUT2D eigenvalue weighted by atomic mass is 16.5. The number of ether oxygens (including phenoxy) is 1. The van der Waals surface area contributed by atoms with Crippen LogP contribution in [0.5, 0.6) is 0 Å². The monoisotopic (exact) mass is 254 g/mol. The lowest BCUT2D eigenvalue weighted by molar-refractivity contribution is 0.0218. The van der Waals surface area contributed by atoms with Crippen LogP contribution < -0.4 is 5.32 Å². The van der Waals surface area contributed by atoms with Crippen LogP contribution in [0.4, 0.5) is 0 Å². The SMILES string of the molecule is COCCCCN1CC(C)(C2CC2)NCC1(C)C. The molecule has 1 N–H and O–H groups in total. The molecule has 0 radical (unpaired) electrons. The fraction of sp³-hybridized carbons (Fsp3) is 1.00. The Morgan fingerprint density at radius 1 is 1.22 bits per heavy atom. The van der Waals surface area contributed by atoms with E-state index in [9.17, 15) is 0 Å². The molecule has 1 unspecified atom stereocenters. The Bertz CT molecular complexity index is 276. The van der Waals surface area contributed by atoms with Crippen LogP contribution >= 0.6 is 0 Å². The summed E-state index contributed by atoms with van der Waals surface area (Å²) in [5, 5.41) is 3.81. The first-order chi connectivity index (χ1) is 8.48. The molecule has 1 aliphatic heterocycles. The second-order valence-electron chi connectivity index (χ2n) is 6.98. The highest BCUT2D eigenvalue weighted by Gasteiger charge is 2.47. The fourth-order valence-corrected chi connectivity index (χ4v) is 3.12. The van der Waals surface area contributed by atoms with Gasteiger partial charge in [0.05, 0.1) is 0 Å². The molecule has 0 bridgehead atoms. The Kier molecular flexibility index (Phi) is 4.35. The maximum Gasteiger partial charge on any atom is 0.0462 e. The summed E-state index contributed by atoms with van der Waals surface area (Å²) >= 11 is 0. The molecule has 2 aliphatic rings. The van der Waals surface area contributed by atoms with Crippen molar-refractivity contribution in [1.29, 1.82) is 0 Å². The van der Waals surface area contributed by atoms with Crippen molar-refractivity contribution in [3.63, 3.8) is 0 Å². The molecule has 0 amide bonds. The van der Waals surface area contributed by atoms with Gasteiger partial charge in [-0.15, -0.1) is 0 Å². The van der Waals surface area contributed by atoms with Crippen LogP contribution in [0.1, 0.15) is 46.5 Å². The first-order valence-corrected chi connectivity index (χ1v) is 7.47. The molecule has 0 aromatic carbocycles. The molecule has 0 spiro atoms. The lowest BCUT2D eigenvalue weighted by Crippen LogP contribution is -2.68. The number of nitrogens with one attached hydrogen (secondary N) is 1. The van der Waals surface area contributed by atoms with Crippen molar-refractivity contribution in [2.45, 2.75) is 57.5 Å². The molecule has 106 valence electrons. The van der Waals surface area contributed by atoms with Gasteiger partial charge in [0, 0.05) is 37.9 Å². The molecule has 1 heterocycles. The minimum absolute atomic E-state index is 0.293. The Morgan fingerprint density at radius 3 is 2.56 bits per heavy atom. The summed E-state index contributed by atoms with van der Waals surface area (Å²) in [6, 6.07) is 0. The summed E-state index contributed by atoms with van der Waals surface area (Å²) in [5.41, 5.74) is 0.651. The zero-order chi connectivity index (χ0) is 13.2. The zero-order valence-electron chi connectivity index (χ0n) is 12.6. The maximum absolute atomic E-state index is 5.14. The van der Waals surface area contributed by atoms with Gasteiger partial charge in [-0.2, -0.15) is 0 Å². The van der Waals surface area contributed by atoms with E-state index in [1.54, 1.807) is 7.11 Å². The third-order valence-electron chi connectivity index (χ3n) is 4.81. The van der Waals surface area contributed by atoms with Crippen molar-refractivity contribution in [3.05, 3.63) is 0 Å². The highest BCUT2D eigenvalue weighted by molar-refractivity contribution is 5.06. The molecule has 1 saturated carbocycles. The third-order valence-corrected chi connectivity index (χ3v) is 4.81. The van der Waals surface area contributed by atoms with Gasteiger partial charge in [0.15, 0.2) is 0 Å². The van der Waals surface area contributed by atoms with Crippen molar-refractivity contribution in [1.82, 2.24) is 10.2 Å². The number of piperazine rings is 1. The molecule has 3 heteroatoms. The smallest absolute Gasteiger partial charge is 0.0462 e. The topological polar surface area (TPSA) is 24.5 Å². The van der Waals surface area contributed by atoms with Gasteiger partial charge in [0.1, 0.15) is 0 Å². The van der Waals surface area contributed by atoms with Crippen molar-refractivity contribution < 1.29 is 4.74 Å². The molecule has 0 aromatic rings. The van der Waals surface area contributed by atoms with Gasteiger partial charge < -0.3 is 10.1 Å². The minimum atomic E-state index is 0.293. The second-order valence-corrected chi connectivity index (χ2v) is 6.98. The quantitative estimate of drug-likeness (QED) is 0.736. The van der Waals surface area contributed by atoms with Gasteiger partial charge in [0.2, 0.25) is 0 Å². The van der Waals surface area contributed by atoms with Gasteiger partial charge in [-0.1, -0.05) is 0 Å². The first-order valence-electron chi connectivity index (χ1n) is 7.47. The Hall–Kier alpha value is -0.120. The molecule has 2 fully saturated rings. The largest absolute Gasteiger partial charge is 0.385 e. The Balaban J connectivity index is 1.87. The lowest BCUT2D eigenvalue weighted by atomic mass is 9.86. The first kappa shape index (κ1) is 14.3. The van der Waals surface area contributed by atoms with Gasteiger partial charge in [0.25, 0.3) is 0 Å². The highest BCUT2D eigenvalue weighted by Crippen LogP contribution is 2.42. The van der Waals surface area contributed by atoms with Crippen LogP contribution in [0.25, 0.3) is 0 Å². The summed E-state index contributed by atoms with van der Waals surface area (Å²) in [6.45, 7) is 11.6. The average Bonchev–Trinajstić information content (AvgIpc) is 3.14.